The van der Waals surface area contributed by atoms with Crippen LogP contribution in [0.3, 0.4) is 0 Å². The summed E-state index contributed by atoms with van der Waals surface area (Å²) in [6.07, 6.45) is 13.0. The third-order valence-electron chi connectivity index (χ3n) is 2.21. The SMILES string of the molecule is C.CCCCCCCCCCC. The van der Waals surface area contributed by atoms with E-state index in [1.54, 1.807) is 0 Å². The zero-order valence-electron chi connectivity index (χ0n) is 8.36. The molecule has 0 radical (unpaired) electrons. The third kappa shape index (κ3) is 12.7. The molecule has 0 heteroatoms. The molecule has 0 atom stereocenters. The van der Waals surface area contributed by atoms with Gasteiger partial charge in [-0.15, -0.1) is 0 Å². The molecule has 0 spiro atoms. The summed E-state index contributed by atoms with van der Waals surface area (Å²) in [6.45, 7) is 4.55. The number of hydrogen-bond acceptors (Lipinski definition) is 0. The second kappa shape index (κ2) is 13.6. The highest BCUT2D eigenvalue weighted by Crippen LogP contribution is 2.08. The molecule has 0 aromatic carbocycles. The Morgan fingerprint density at radius 3 is 1.00 bits per heavy atom. The predicted octanol–water partition coefficient (Wildman–Crippen LogP) is 5.17. The van der Waals surface area contributed by atoms with Crippen LogP contribution in [-0.4, -0.2) is 0 Å². The van der Waals surface area contributed by atoms with Crippen molar-refractivity contribution in [1.29, 1.82) is 0 Å². The molecule has 0 aromatic rings. The maximum absolute atomic E-state index is 2.27. The summed E-state index contributed by atoms with van der Waals surface area (Å²) >= 11 is 0. The summed E-state index contributed by atoms with van der Waals surface area (Å²) < 4.78 is 0. The van der Waals surface area contributed by atoms with Gasteiger partial charge in [0.2, 0.25) is 0 Å². The molecule has 12 heavy (non-hydrogen) atoms. The summed E-state index contributed by atoms with van der Waals surface area (Å²) in [6, 6.07) is 0. The van der Waals surface area contributed by atoms with Gasteiger partial charge in [0.25, 0.3) is 0 Å². The van der Waals surface area contributed by atoms with Crippen LogP contribution in [0.4, 0.5) is 0 Å². The molecule has 0 aliphatic heterocycles. The Morgan fingerprint density at radius 2 is 0.750 bits per heavy atom. The molecule has 0 aliphatic carbocycles. The summed E-state index contributed by atoms with van der Waals surface area (Å²) in [4.78, 5) is 0. The second-order valence-corrected chi connectivity index (χ2v) is 3.47. The zero-order valence-corrected chi connectivity index (χ0v) is 8.36. The van der Waals surface area contributed by atoms with Crippen LogP contribution < -0.4 is 0 Å². The van der Waals surface area contributed by atoms with Crippen LogP contribution in [-0.2, 0) is 0 Å². The van der Waals surface area contributed by atoms with Crippen LogP contribution in [0.1, 0.15) is 79.1 Å². The van der Waals surface area contributed by atoms with Gasteiger partial charge in [0, 0.05) is 0 Å². The molecule has 0 aromatic heterocycles. The van der Waals surface area contributed by atoms with E-state index in [0.717, 1.165) is 0 Å². The van der Waals surface area contributed by atoms with Crippen molar-refractivity contribution in [2.75, 3.05) is 0 Å². The van der Waals surface area contributed by atoms with Crippen LogP contribution in [0.25, 0.3) is 0 Å². The Hall–Kier alpha value is 0. The van der Waals surface area contributed by atoms with E-state index in [1.165, 1.54) is 57.8 Å². The molecule has 0 nitrogen and oxygen atoms in total. The van der Waals surface area contributed by atoms with Crippen LogP contribution >= 0.6 is 0 Å². The summed E-state index contributed by atoms with van der Waals surface area (Å²) in [5.41, 5.74) is 0. The molecule has 0 amide bonds. The van der Waals surface area contributed by atoms with Crippen molar-refractivity contribution in [3.63, 3.8) is 0 Å². The maximum Gasteiger partial charge on any atom is -0.0533 e. The van der Waals surface area contributed by atoms with Crippen molar-refractivity contribution in [3.8, 4) is 0 Å². The van der Waals surface area contributed by atoms with E-state index in [-0.39, 0.29) is 7.43 Å². The van der Waals surface area contributed by atoms with Crippen molar-refractivity contribution in [2.45, 2.75) is 79.1 Å². The van der Waals surface area contributed by atoms with E-state index < -0.39 is 0 Å². The van der Waals surface area contributed by atoms with E-state index in [4.69, 9.17) is 0 Å². The minimum absolute atomic E-state index is 0. The van der Waals surface area contributed by atoms with Gasteiger partial charge in [0.15, 0.2) is 0 Å². The second-order valence-electron chi connectivity index (χ2n) is 3.47. The first-order valence-corrected chi connectivity index (χ1v) is 5.41. The Kier molecular flexibility index (Phi) is 16.4. The maximum atomic E-state index is 2.27. The van der Waals surface area contributed by atoms with Crippen molar-refractivity contribution in [3.05, 3.63) is 0 Å². The zero-order chi connectivity index (χ0) is 8.36. The highest BCUT2D eigenvalue weighted by atomic mass is 13.9. The van der Waals surface area contributed by atoms with Crippen LogP contribution in [0, 0.1) is 0 Å². The minimum Gasteiger partial charge on any atom is -0.0776 e. The molecule has 0 bridgehead atoms. The van der Waals surface area contributed by atoms with E-state index in [1.807, 2.05) is 0 Å². The smallest absolute Gasteiger partial charge is 0.0533 e. The van der Waals surface area contributed by atoms with E-state index >= 15 is 0 Å². The highest BCUT2D eigenvalue weighted by molar-refractivity contribution is 4.44. The third-order valence-corrected chi connectivity index (χ3v) is 2.21. The van der Waals surface area contributed by atoms with Gasteiger partial charge in [-0.1, -0.05) is 79.1 Å². The van der Waals surface area contributed by atoms with Gasteiger partial charge in [-0.3, -0.25) is 0 Å². The minimum atomic E-state index is 0. The molecule has 0 aliphatic rings. The van der Waals surface area contributed by atoms with Crippen molar-refractivity contribution in [2.24, 2.45) is 0 Å². The van der Waals surface area contributed by atoms with E-state index in [9.17, 15) is 0 Å². The van der Waals surface area contributed by atoms with Gasteiger partial charge in [0.05, 0.1) is 0 Å². The molecule has 0 rings (SSSR count). The average Bonchev–Trinajstić information content (AvgIpc) is 2.03. The Bertz CT molecular complexity index is 49.1. The lowest BCUT2D eigenvalue weighted by Crippen LogP contribution is -1.79. The molecule has 0 heterocycles. The fourth-order valence-electron chi connectivity index (χ4n) is 1.38. The van der Waals surface area contributed by atoms with Gasteiger partial charge in [-0.25, -0.2) is 0 Å². The largest absolute Gasteiger partial charge is 0.0776 e. The standard InChI is InChI=1S/C11H24.CH4/c1-3-5-7-9-11-10-8-6-4-2;/h3-11H2,1-2H3;1H4. The molecule has 0 saturated heterocycles. The molecule has 0 unspecified atom stereocenters. The summed E-state index contributed by atoms with van der Waals surface area (Å²) in [5.74, 6) is 0. The molecule has 0 saturated carbocycles. The van der Waals surface area contributed by atoms with E-state index in [2.05, 4.69) is 13.8 Å². The number of rotatable bonds is 8. The number of hydrogen-bond donors (Lipinski definition) is 0. The van der Waals surface area contributed by atoms with Crippen LogP contribution in [0.15, 0.2) is 0 Å². The normalized spacial score (nSPS) is 9.50. The fourth-order valence-corrected chi connectivity index (χ4v) is 1.38. The lowest BCUT2D eigenvalue weighted by Gasteiger charge is -1.98. The molecular formula is C12H28. The first-order valence-electron chi connectivity index (χ1n) is 5.41. The van der Waals surface area contributed by atoms with Gasteiger partial charge in [0.1, 0.15) is 0 Å². The van der Waals surface area contributed by atoms with Crippen LogP contribution in [0.5, 0.6) is 0 Å². The van der Waals surface area contributed by atoms with Gasteiger partial charge < -0.3 is 0 Å². The first kappa shape index (κ1) is 14.5. The molecule has 76 valence electrons. The van der Waals surface area contributed by atoms with Crippen molar-refractivity contribution < 1.29 is 0 Å². The summed E-state index contributed by atoms with van der Waals surface area (Å²) in [5, 5.41) is 0. The Morgan fingerprint density at radius 1 is 0.500 bits per heavy atom. The van der Waals surface area contributed by atoms with E-state index in [0.29, 0.717) is 0 Å². The molecular weight excluding hydrogens is 144 g/mol. The predicted molar refractivity (Wildman–Crippen MR) is 59.6 cm³/mol. The fraction of sp³-hybridized carbons (Fsp3) is 1.00. The lowest BCUT2D eigenvalue weighted by molar-refractivity contribution is 0.572. The summed E-state index contributed by atoms with van der Waals surface area (Å²) in [7, 11) is 0. The van der Waals surface area contributed by atoms with Gasteiger partial charge in [-0.2, -0.15) is 0 Å². The first-order chi connectivity index (χ1) is 5.41. The van der Waals surface area contributed by atoms with Crippen molar-refractivity contribution in [1.82, 2.24) is 0 Å². The van der Waals surface area contributed by atoms with Crippen molar-refractivity contribution >= 4 is 0 Å². The van der Waals surface area contributed by atoms with Gasteiger partial charge in [-0.05, 0) is 0 Å². The number of unbranched alkanes of at least 4 members (excludes halogenated alkanes) is 8. The molecule has 0 fully saturated rings. The van der Waals surface area contributed by atoms with Gasteiger partial charge >= 0.3 is 0 Å². The average molecular weight is 172 g/mol. The lowest BCUT2D eigenvalue weighted by atomic mass is 10.1. The Labute approximate surface area is 79.8 Å². The highest BCUT2D eigenvalue weighted by Gasteiger charge is 1.88. The van der Waals surface area contributed by atoms with Crippen LogP contribution in [0.2, 0.25) is 0 Å². The monoisotopic (exact) mass is 172 g/mol. The topological polar surface area (TPSA) is 0 Å². The molecule has 0 N–H and O–H groups in total. The quantitative estimate of drug-likeness (QED) is 0.443. The Balaban J connectivity index is 0.